The quantitative estimate of drug-likeness (QED) is 0.0964. The van der Waals surface area contributed by atoms with Crippen LogP contribution in [0.25, 0.3) is 0 Å². The third-order valence-electron chi connectivity index (χ3n) is 11.3. The van der Waals surface area contributed by atoms with Crippen LogP contribution in [0.3, 0.4) is 0 Å². The molecule has 2 aliphatic heterocycles. The van der Waals surface area contributed by atoms with Gasteiger partial charge in [0.2, 0.25) is 11.3 Å². The van der Waals surface area contributed by atoms with Crippen LogP contribution >= 0.6 is 0 Å². The molecule has 0 fully saturated rings. The van der Waals surface area contributed by atoms with Crippen molar-refractivity contribution in [3.05, 3.63) is 189 Å². The lowest BCUT2D eigenvalue weighted by molar-refractivity contribution is 0.248. The second-order valence-corrected chi connectivity index (χ2v) is 14.5. The standard InChI is InChI=1S/C50H42F4N4O4/c1-59-37-17-5-11-31(23-37)45-46(32-12-6-18-38(24-32)60-2)56-49(55-45,43-21-9-15-35(27-51)41(43)29-53)50(44-22-10-16-36(28-52)42(44)30-54)57-47(33-13-7-19-39(25-33)61-3)48(58-50)34-14-8-20-40(26-34)62-4/h5-26H,27-30H2,1-4H3. The molecule has 0 bridgehead atoms. The van der Waals surface area contributed by atoms with E-state index in [2.05, 4.69) is 0 Å². The molecule has 0 N–H and O–H groups in total. The Labute approximate surface area is 357 Å². The van der Waals surface area contributed by atoms with Crippen LogP contribution in [0.2, 0.25) is 0 Å². The molecule has 62 heavy (non-hydrogen) atoms. The van der Waals surface area contributed by atoms with Gasteiger partial charge in [0.15, 0.2) is 0 Å². The Kier molecular flexibility index (Phi) is 11.7. The van der Waals surface area contributed by atoms with Gasteiger partial charge in [-0.3, -0.25) is 0 Å². The molecule has 6 aromatic rings. The highest BCUT2D eigenvalue weighted by Gasteiger charge is 2.62. The van der Waals surface area contributed by atoms with Crippen molar-refractivity contribution in [2.45, 2.75) is 38.0 Å². The predicted octanol–water partition coefficient (Wildman–Crippen LogP) is 10.6. The smallest absolute Gasteiger partial charge is 0.226 e. The van der Waals surface area contributed by atoms with Crippen molar-refractivity contribution in [2.24, 2.45) is 20.0 Å². The topological polar surface area (TPSA) is 86.4 Å². The molecule has 8 rings (SSSR count). The van der Waals surface area contributed by atoms with E-state index in [0.29, 0.717) is 68.1 Å². The minimum absolute atomic E-state index is 0.0367. The van der Waals surface area contributed by atoms with E-state index in [4.69, 9.17) is 38.9 Å². The molecule has 12 heteroatoms. The Bertz CT molecular complexity index is 2470. The Morgan fingerprint density at radius 1 is 0.371 bits per heavy atom. The molecule has 0 atom stereocenters. The lowest BCUT2D eigenvalue weighted by atomic mass is 9.77. The summed E-state index contributed by atoms with van der Waals surface area (Å²) in [5, 5.41) is 0. The molecule has 314 valence electrons. The Morgan fingerprint density at radius 3 is 0.887 bits per heavy atom. The van der Waals surface area contributed by atoms with E-state index in [1.807, 2.05) is 24.3 Å². The summed E-state index contributed by atoms with van der Waals surface area (Å²) in [6.45, 7) is -4.28. The number of nitrogens with zero attached hydrogens (tertiary/aromatic N) is 4. The first-order chi connectivity index (χ1) is 30.3. The first kappa shape index (κ1) is 41.6. The van der Waals surface area contributed by atoms with Crippen molar-refractivity contribution < 1.29 is 36.5 Å². The maximum absolute atomic E-state index is 15.9. The number of aliphatic imine (C=N–C) groups is 4. The third kappa shape index (κ3) is 7.08. The summed E-state index contributed by atoms with van der Waals surface area (Å²) in [7, 11) is 6.17. The summed E-state index contributed by atoms with van der Waals surface area (Å²) in [6, 6.07) is 38.2. The summed E-state index contributed by atoms with van der Waals surface area (Å²) in [5.41, 5.74) is -0.561. The first-order valence-corrected chi connectivity index (χ1v) is 19.7. The van der Waals surface area contributed by atoms with Gasteiger partial charge >= 0.3 is 0 Å². The van der Waals surface area contributed by atoms with Gasteiger partial charge in [-0.05, 0) is 70.8 Å². The zero-order valence-corrected chi connectivity index (χ0v) is 34.5. The average molecular weight is 839 g/mol. The summed E-state index contributed by atoms with van der Waals surface area (Å²) in [6.07, 6.45) is 0. The molecule has 0 saturated carbocycles. The van der Waals surface area contributed by atoms with Crippen molar-refractivity contribution in [2.75, 3.05) is 28.4 Å². The molecule has 0 amide bonds. The van der Waals surface area contributed by atoms with Gasteiger partial charge in [-0.1, -0.05) is 84.9 Å². The third-order valence-corrected chi connectivity index (χ3v) is 11.3. The van der Waals surface area contributed by atoms with Gasteiger partial charge in [-0.25, -0.2) is 37.5 Å². The van der Waals surface area contributed by atoms with E-state index in [1.54, 1.807) is 126 Å². The summed E-state index contributed by atoms with van der Waals surface area (Å²) in [4.78, 5) is 22.3. The molecule has 2 aliphatic rings. The van der Waals surface area contributed by atoms with Crippen LogP contribution in [0.5, 0.6) is 23.0 Å². The van der Waals surface area contributed by atoms with Gasteiger partial charge in [-0.15, -0.1) is 0 Å². The lowest BCUT2D eigenvalue weighted by Gasteiger charge is -2.40. The van der Waals surface area contributed by atoms with Gasteiger partial charge in [0.25, 0.3) is 0 Å². The minimum Gasteiger partial charge on any atom is -0.497 e. The van der Waals surface area contributed by atoms with E-state index in [9.17, 15) is 0 Å². The molecule has 6 aromatic carbocycles. The number of benzene rings is 6. The highest BCUT2D eigenvalue weighted by Crippen LogP contribution is 2.57. The summed E-state index contributed by atoms with van der Waals surface area (Å²) in [5.74, 6) is 2.05. The van der Waals surface area contributed by atoms with Gasteiger partial charge in [0.1, 0.15) is 49.7 Å². The Hall–Kier alpha value is -7.08. The van der Waals surface area contributed by atoms with E-state index >= 15 is 17.6 Å². The van der Waals surface area contributed by atoms with E-state index in [0.717, 1.165) is 0 Å². The van der Waals surface area contributed by atoms with Crippen LogP contribution in [0.1, 0.15) is 55.6 Å². The highest BCUT2D eigenvalue weighted by molar-refractivity contribution is 6.56. The van der Waals surface area contributed by atoms with Crippen molar-refractivity contribution >= 4 is 22.8 Å². The number of halogens is 4. The van der Waals surface area contributed by atoms with Gasteiger partial charge in [0.05, 0.1) is 51.3 Å². The molecule has 0 unspecified atom stereocenters. The van der Waals surface area contributed by atoms with E-state index in [1.165, 1.54) is 12.1 Å². The highest BCUT2D eigenvalue weighted by atomic mass is 19.1. The molecule has 0 radical (unpaired) electrons. The lowest BCUT2D eigenvalue weighted by Crippen LogP contribution is -2.44. The van der Waals surface area contributed by atoms with Crippen LogP contribution < -0.4 is 18.9 Å². The monoisotopic (exact) mass is 838 g/mol. The second-order valence-electron chi connectivity index (χ2n) is 14.5. The molecular formula is C50H42F4N4O4. The molecule has 2 heterocycles. The fourth-order valence-electron chi connectivity index (χ4n) is 8.21. The van der Waals surface area contributed by atoms with Crippen molar-refractivity contribution in [1.82, 2.24) is 0 Å². The molecule has 8 nitrogen and oxygen atoms in total. The van der Waals surface area contributed by atoms with Crippen LogP contribution in [-0.2, 0) is 38.0 Å². The first-order valence-electron chi connectivity index (χ1n) is 19.7. The molecule has 0 aromatic heterocycles. The zero-order chi connectivity index (χ0) is 43.4. The number of hydrogen-bond donors (Lipinski definition) is 0. The zero-order valence-electron chi connectivity index (χ0n) is 34.5. The summed E-state index contributed by atoms with van der Waals surface area (Å²) >= 11 is 0. The van der Waals surface area contributed by atoms with E-state index in [-0.39, 0.29) is 33.4 Å². The van der Waals surface area contributed by atoms with E-state index < -0.39 is 38.0 Å². The maximum Gasteiger partial charge on any atom is 0.226 e. The number of methoxy groups -OCH3 is 4. The van der Waals surface area contributed by atoms with Crippen LogP contribution in [-0.4, -0.2) is 51.3 Å². The fraction of sp³-hybridized carbons (Fsp3) is 0.200. The molecule has 0 spiro atoms. The van der Waals surface area contributed by atoms with Crippen LogP contribution in [0.4, 0.5) is 17.6 Å². The average Bonchev–Trinajstić information content (AvgIpc) is 3.96. The number of rotatable bonds is 15. The largest absolute Gasteiger partial charge is 0.497 e. The van der Waals surface area contributed by atoms with Gasteiger partial charge in [-0.2, -0.15) is 0 Å². The van der Waals surface area contributed by atoms with Gasteiger partial charge in [0, 0.05) is 33.4 Å². The van der Waals surface area contributed by atoms with Crippen LogP contribution in [0, 0.1) is 0 Å². The number of alkyl halides is 4. The molecule has 0 aliphatic carbocycles. The molecule has 0 saturated heterocycles. The van der Waals surface area contributed by atoms with Crippen molar-refractivity contribution in [1.29, 1.82) is 0 Å². The Morgan fingerprint density at radius 2 is 0.645 bits per heavy atom. The SMILES string of the molecule is COc1cccc(C2=NC(c3cccc(CF)c3CF)(C3(c4cccc(CF)c4CF)N=C(c4cccc(OC)c4)C(c4cccc(OC)c4)=N3)N=C2c2cccc(OC)c2)c1. The minimum atomic E-state index is -2.17. The van der Waals surface area contributed by atoms with Gasteiger partial charge < -0.3 is 18.9 Å². The Balaban J connectivity index is 1.63. The van der Waals surface area contributed by atoms with Crippen molar-refractivity contribution in [3.63, 3.8) is 0 Å². The predicted molar refractivity (Wildman–Crippen MR) is 234 cm³/mol. The maximum atomic E-state index is 15.9. The number of hydrogen-bond acceptors (Lipinski definition) is 8. The second kappa shape index (κ2) is 17.5. The number of ether oxygens (including phenoxy) is 4. The molecular weight excluding hydrogens is 797 g/mol. The normalized spacial score (nSPS) is 15.0. The van der Waals surface area contributed by atoms with Crippen molar-refractivity contribution in [3.8, 4) is 23.0 Å². The summed E-state index contributed by atoms with van der Waals surface area (Å²) < 4.78 is 84.7. The van der Waals surface area contributed by atoms with Crippen LogP contribution in [0.15, 0.2) is 153 Å². The fourth-order valence-corrected chi connectivity index (χ4v) is 8.21.